The Morgan fingerprint density at radius 3 is 2.33 bits per heavy atom. The quantitative estimate of drug-likeness (QED) is 0.798. The van der Waals surface area contributed by atoms with Gasteiger partial charge in [0.05, 0.1) is 0 Å². The van der Waals surface area contributed by atoms with Gasteiger partial charge in [-0.1, -0.05) is 58.0 Å². The molecule has 1 aromatic rings. The van der Waals surface area contributed by atoms with Crippen LogP contribution in [0.3, 0.4) is 0 Å². The van der Waals surface area contributed by atoms with Crippen LogP contribution in [0, 0.1) is 0 Å². The van der Waals surface area contributed by atoms with Crippen LogP contribution in [0.4, 0.5) is 0 Å². The lowest BCUT2D eigenvalue weighted by Crippen LogP contribution is -2.45. The van der Waals surface area contributed by atoms with Gasteiger partial charge >= 0.3 is 0 Å². The van der Waals surface area contributed by atoms with Gasteiger partial charge in [-0.3, -0.25) is 0 Å². The third kappa shape index (κ3) is 4.43. The molecule has 1 unspecified atom stereocenters. The first kappa shape index (κ1) is 15.2. The maximum absolute atomic E-state index is 3.59. The lowest BCUT2D eigenvalue weighted by Gasteiger charge is -2.35. The maximum Gasteiger partial charge on any atom is 0.0177 e. The molecule has 0 radical (unpaired) electrons. The Morgan fingerprint density at radius 2 is 1.83 bits per heavy atom. The number of hydrogen-bond donors (Lipinski definition) is 1. The van der Waals surface area contributed by atoms with Crippen molar-refractivity contribution >= 4 is 0 Å². The third-order valence-electron chi connectivity index (χ3n) is 3.53. The van der Waals surface area contributed by atoms with Crippen LogP contribution in [0.15, 0.2) is 30.3 Å². The van der Waals surface area contributed by atoms with Crippen LogP contribution in [-0.4, -0.2) is 37.6 Å². The molecule has 1 rings (SSSR count). The Bertz CT molecular complexity index is 334. The molecule has 0 aliphatic rings. The molecule has 0 heterocycles. The van der Waals surface area contributed by atoms with E-state index in [1.807, 2.05) is 0 Å². The Kier molecular flexibility index (Phi) is 5.83. The van der Waals surface area contributed by atoms with Crippen molar-refractivity contribution in [2.24, 2.45) is 0 Å². The maximum atomic E-state index is 3.59. The van der Waals surface area contributed by atoms with Crippen LogP contribution in [0.1, 0.15) is 33.3 Å². The molecule has 0 aliphatic heterocycles. The highest BCUT2D eigenvalue weighted by molar-refractivity contribution is 5.25. The van der Waals surface area contributed by atoms with E-state index in [1.54, 1.807) is 0 Å². The summed E-state index contributed by atoms with van der Waals surface area (Å²) in [6.07, 6.45) is 0. The molecule has 2 nitrogen and oxygen atoms in total. The molecule has 102 valence electrons. The molecule has 0 fully saturated rings. The molecule has 0 amide bonds. The minimum Gasteiger partial charge on any atom is -0.314 e. The zero-order chi connectivity index (χ0) is 13.6. The van der Waals surface area contributed by atoms with Crippen molar-refractivity contribution in [1.29, 1.82) is 0 Å². The van der Waals surface area contributed by atoms with Crippen molar-refractivity contribution in [3.8, 4) is 0 Å². The van der Waals surface area contributed by atoms with Crippen LogP contribution >= 0.6 is 0 Å². The van der Waals surface area contributed by atoms with Gasteiger partial charge < -0.3 is 10.2 Å². The van der Waals surface area contributed by atoms with E-state index in [9.17, 15) is 0 Å². The predicted octanol–water partition coefficient (Wildman–Crippen LogP) is 2.89. The summed E-state index contributed by atoms with van der Waals surface area (Å²) >= 11 is 0. The molecule has 0 saturated heterocycles. The van der Waals surface area contributed by atoms with Crippen molar-refractivity contribution in [3.05, 3.63) is 35.9 Å². The van der Waals surface area contributed by atoms with E-state index in [4.69, 9.17) is 0 Å². The van der Waals surface area contributed by atoms with Gasteiger partial charge in [-0.25, -0.2) is 0 Å². The first-order valence-corrected chi connectivity index (χ1v) is 6.95. The molecule has 0 spiro atoms. The van der Waals surface area contributed by atoms with E-state index >= 15 is 0 Å². The highest BCUT2D eigenvalue weighted by Crippen LogP contribution is 2.24. The SMILES string of the molecule is CCN(C)CC(C)(CNC(C)C)c1ccccc1. The average molecular weight is 248 g/mol. The molecule has 2 heteroatoms. The van der Waals surface area contributed by atoms with E-state index in [-0.39, 0.29) is 5.41 Å². The molecular formula is C16H28N2. The first-order chi connectivity index (χ1) is 8.48. The summed E-state index contributed by atoms with van der Waals surface area (Å²) in [5.41, 5.74) is 1.58. The Balaban J connectivity index is 2.86. The van der Waals surface area contributed by atoms with Crippen LogP contribution in [0.5, 0.6) is 0 Å². The molecule has 1 atom stereocenters. The smallest absolute Gasteiger partial charge is 0.0177 e. The fourth-order valence-electron chi connectivity index (χ4n) is 2.23. The van der Waals surface area contributed by atoms with Gasteiger partial charge in [0, 0.05) is 24.5 Å². The fourth-order valence-corrected chi connectivity index (χ4v) is 2.23. The van der Waals surface area contributed by atoms with Crippen molar-refractivity contribution in [2.75, 3.05) is 26.7 Å². The van der Waals surface area contributed by atoms with Gasteiger partial charge in [0.1, 0.15) is 0 Å². The molecule has 1 aromatic carbocycles. The second kappa shape index (κ2) is 6.91. The summed E-state index contributed by atoms with van der Waals surface area (Å²) in [7, 11) is 2.19. The minimum atomic E-state index is 0.163. The molecule has 1 N–H and O–H groups in total. The standard InChI is InChI=1S/C16H28N2/c1-6-18(5)13-16(4,12-17-14(2)3)15-10-8-7-9-11-15/h7-11,14,17H,6,12-13H2,1-5H3. The highest BCUT2D eigenvalue weighted by Gasteiger charge is 2.27. The van der Waals surface area contributed by atoms with Crippen LogP contribution < -0.4 is 5.32 Å². The number of benzene rings is 1. The van der Waals surface area contributed by atoms with Crippen LogP contribution in [0.2, 0.25) is 0 Å². The second-order valence-electron chi connectivity index (χ2n) is 5.79. The minimum absolute atomic E-state index is 0.163. The number of hydrogen-bond acceptors (Lipinski definition) is 2. The Labute approximate surface area is 112 Å². The first-order valence-electron chi connectivity index (χ1n) is 6.95. The molecule has 0 saturated carbocycles. The summed E-state index contributed by atoms with van der Waals surface area (Å²) in [6.45, 7) is 12.1. The summed E-state index contributed by atoms with van der Waals surface area (Å²) < 4.78 is 0. The van der Waals surface area contributed by atoms with E-state index in [0.29, 0.717) is 6.04 Å². The summed E-state index contributed by atoms with van der Waals surface area (Å²) in [5, 5.41) is 3.59. The van der Waals surface area contributed by atoms with Gasteiger partial charge in [0.2, 0.25) is 0 Å². The van der Waals surface area contributed by atoms with Crippen molar-refractivity contribution in [1.82, 2.24) is 10.2 Å². The zero-order valence-corrected chi connectivity index (χ0v) is 12.5. The van der Waals surface area contributed by atoms with Gasteiger partial charge in [-0.05, 0) is 19.2 Å². The fraction of sp³-hybridized carbons (Fsp3) is 0.625. The largest absolute Gasteiger partial charge is 0.314 e. The Morgan fingerprint density at radius 1 is 1.22 bits per heavy atom. The molecule has 0 aromatic heterocycles. The molecular weight excluding hydrogens is 220 g/mol. The monoisotopic (exact) mass is 248 g/mol. The van der Waals surface area contributed by atoms with Crippen LogP contribution in [-0.2, 0) is 5.41 Å². The molecule has 0 bridgehead atoms. The van der Waals surface area contributed by atoms with Crippen LogP contribution in [0.25, 0.3) is 0 Å². The van der Waals surface area contributed by atoms with Gasteiger partial charge in [0.15, 0.2) is 0 Å². The highest BCUT2D eigenvalue weighted by atomic mass is 15.1. The normalized spacial score (nSPS) is 15.1. The number of rotatable bonds is 7. The lowest BCUT2D eigenvalue weighted by molar-refractivity contribution is 0.255. The summed E-state index contributed by atoms with van der Waals surface area (Å²) in [6, 6.07) is 11.4. The summed E-state index contributed by atoms with van der Waals surface area (Å²) in [4.78, 5) is 2.38. The topological polar surface area (TPSA) is 15.3 Å². The second-order valence-corrected chi connectivity index (χ2v) is 5.79. The van der Waals surface area contributed by atoms with E-state index in [2.05, 4.69) is 75.3 Å². The average Bonchev–Trinajstić information content (AvgIpc) is 2.37. The predicted molar refractivity (Wildman–Crippen MR) is 80.1 cm³/mol. The third-order valence-corrected chi connectivity index (χ3v) is 3.53. The lowest BCUT2D eigenvalue weighted by atomic mass is 9.81. The molecule has 0 aliphatic carbocycles. The number of nitrogens with one attached hydrogen (secondary N) is 1. The summed E-state index contributed by atoms with van der Waals surface area (Å²) in [5.74, 6) is 0. The van der Waals surface area contributed by atoms with E-state index in [1.165, 1.54) is 5.56 Å². The zero-order valence-electron chi connectivity index (χ0n) is 12.5. The van der Waals surface area contributed by atoms with Crippen molar-refractivity contribution < 1.29 is 0 Å². The number of likely N-dealkylation sites (N-methyl/N-ethyl adjacent to an activating group) is 1. The van der Waals surface area contributed by atoms with Gasteiger partial charge in [0.25, 0.3) is 0 Å². The number of nitrogens with zero attached hydrogens (tertiary/aromatic N) is 1. The van der Waals surface area contributed by atoms with Gasteiger partial charge in [-0.2, -0.15) is 0 Å². The van der Waals surface area contributed by atoms with Crippen molar-refractivity contribution in [3.63, 3.8) is 0 Å². The van der Waals surface area contributed by atoms with E-state index in [0.717, 1.165) is 19.6 Å². The van der Waals surface area contributed by atoms with E-state index < -0.39 is 0 Å². The van der Waals surface area contributed by atoms with Gasteiger partial charge in [-0.15, -0.1) is 0 Å². The Hall–Kier alpha value is -0.860. The van der Waals surface area contributed by atoms with Crippen molar-refractivity contribution in [2.45, 2.75) is 39.2 Å². The molecule has 18 heavy (non-hydrogen) atoms.